The molecule has 6 aromatic rings. The first-order valence-electron chi connectivity index (χ1n) is 11.7. The lowest BCUT2D eigenvalue weighted by atomic mass is 10.1. The molecule has 0 aliphatic carbocycles. The number of methoxy groups -OCH3 is 1. The highest BCUT2D eigenvalue weighted by Crippen LogP contribution is 2.30. The van der Waals surface area contributed by atoms with E-state index in [-0.39, 0.29) is 17.2 Å². The van der Waals surface area contributed by atoms with E-state index in [1.807, 2.05) is 78.9 Å². The topological polar surface area (TPSA) is 89.0 Å². The van der Waals surface area contributed by atoms with Gasteiger partial charge in [-0.1, -0.05) is 78.5 Å². The van der Waals surface area contributed by atoms with Crippen molar-refractivity contribution >= 4 is 56.1 Å². The summed E-state index contributed by atoms with van der Waals surface area (Å²) in [5, 5.41) is 6.27. The molecule has 0 radical (unpaired) electrons. The van der Waals surface area contributed by atoms with E-state index in [1.54, 1.807) is 19.2 Å². The molecule has 182 valence electrons. The fourth-order valence-corrected chi connectivity index (χ4v) is 5.32. The minimum atomic E-state index is -0.261. The van der Waals surface area contributed by atoms with Crippen LogP contribution in [-0.2, 0) is 4.79 Å². The molecule has 2 heterocycles. The molecule has 0 aliphatic rings. The molecule has 0 unspecified atom stereocenters. The number of nitrogens with one attached hydrogen (secondary N) is 2. The average Bonchev–Trinajstić information content (AvgIpc) is 3.31. The second-order valence-corrected chi connectivity index (χ2v) is 9.41. The van der Waals surface area contributed by atoms with Crippen LogP contribution in [0.25, 0.3) is 38.4 Å². The number of hydrogen-bond donors (Lipinski definition) is 2. The Bertz CT molecular complexity index is 1850. The molecule has 2 N–H and O–H groups in total. The smallest absolute Gasteiger partial charge is 0.283 e. The van der Waals surface area contributed by atoms with E-state index in [0.717, 1.165) is 27.4 Å². The molecule has 8 heteroatoms. The van der Waals surface area contributed by atoms with Crippen LogP contribution < -0.4 is 15.6 Å². The standard InChI is InChI=1S/C29H22N4O3S/c1-36-24-16-7-6-15-23(24)33-28(35)27-26(20-12-4-5-13-22(20)31-27)32-29(33)37-17-25(34)30-21-14-8-10-18-9-2-3-11-19(18)21/h2-16,31H,17H2,1H3,(H,30,34). The Kier molecular flexibility index (Phi) is 5.86. The summed E-state index contributed by atoms with van der Waals surface area (Å²) in [6.45, 7) is 0. The molecular weight excluding hydrogens is 484 g/mol. The van der Waals surface area contributed by atoms with Crippen molar-refractivity contribution in [3.63, 3.8) is 0 Å². The number of carbonyl (C=O) groups excluding carboxylic acids is 1. The number of fused-ring (bicyclic) bond motifs is 4. The molecule has 0 spiro atoms. The van der Waals surface area contributed by atoms with Gasteiger partial charge in [0.15, 0.2) is 5.16 Å². The summed E-state index contributed by atoms with van der Waals surface area (Å²) in [5.41, 5.74) is 2.83. The van der Waals surface area contributed by atoms with Gasteiger partial charge < -0.3 is 15.0 Å². The van der Waals surface area contributed by atoms with Crippen LogP contribution in [0.3, 0.4) is 0 Å². The number of ether oxygens (including phenoxy) is 1. The SMILES string of the molecule is COc1ccccc1-n1c(SCC(=O)Nc2cccc3ccccc23)nc2c([nH]c3ccccc32)c1=O. The predicted octanol–water partition coefficient (Wildman–Crippen LogP) is 5.76. The van der Waals surface area contributed by atoms with E-state index in [9.17, 15) is 9.59 Å². The Morgan fingerprint density at radius 1 is 0.946 bits per heavy atom. The van der Waals surface area contributed by atoms with Crippen LogP contribution in [0.2, 0.25) is 0 Å². The van der Waals surface area contributed by atoms with Crippen LogP contribution in [0, 0.1) is 0 Å². The van der Waals surface area contributed by atoms with Gasteiger partial charge in [-0.15, -0.1) is 0 Å². The minimum absolute atomic E-state index is 0.0681. The zero-order valence-corrected chi connectivity index (χ0v) is 20.7. The molecule has 0 saturated carbocycles. The summed E-state index contributed by atoms with van der Waals surface area (Å²) in [6, 6.07) is 28.6. The van der Waals surface area contributed by atoms with Crippen molar-refractivity contribution in [3.8, 4) is 11.4 Å². The largest absolute Gasteiger partial charge is 0.495 e. The molecule has 37 heavy (non-hydrogen) atoms. The number of H-pyrrole nitrogens is 1. The highest BCUT2D eigenvalue weighted by molar-refractivity contribution is 7.99. The molecule has 0 bridgehead atoms. The highest BCUT2D eigenvalue weighted by atomic mass is 32.2. The number of thioether (sulfide) groups is 1. The number of benzene rings is 4. The van der Waals surface area contributed by atoms with E-state index in [4.69, 9.17) is 9.72 Å². The first kappa shape index (κ1) is 22.9. The van der Waals surface area contributed by atoms with Crippen LogP contribution in [0.5, 0.6) is 5.75 Å². The van der Waals surface area contributed by atoms with Crippen molar-refractivity contribution in [2.24, 2.45) is 0 Å². The van der Waals surface area contributed by atoms with Gasteiger partial charge in [-0.2, -0.15) is 0 Å². The Hall–Kier alpha value is -4.56. The minimum Gasteiger partial charge on any atom is -0.495 e. The quantitative estimate of drug-likeness (QED) is 0.222. The van der Waals surface area contributed by atoms with Gasteiger partial charge in [-0.3, -0.25) is 9.59 Å². The summed E-state index contributed by atoms with van der Waals surface area (Å²) in [4.78, 5) is 34.9. The molecule has 0 aliphatic heterocycles. The Morgan fingerprint density at radius 3 is 2.54 bits per heavy atom. The Morgan fingerprint density at radius 2 is 1.68 bits per heavy atom. The van der Waals surface area contributed by atoms with Gasteiger partial charge in [0.1, 0.15) is 16.8 Å². The molecule has 0 saturated heterocycles. The lowest BCUT2D eigenvalue weighted by Crippen LogP contribution is -2.23. The summed E-state index contributed by atoms with van der Waals surface area (Å²) in [5.74, 6) is 0.406. The Balaban J connectivity index is 1.41. The fourth-order valence-electron chi connectivity index (χ4n) is 4.52. The number of rotatable bonds is 6. The highest BCUT2D eigenvalue weighted by Gasteiger charge is 2.20. The van der Waals surface area contributed by atoms with Gasteiger partial charge in [0, 0.05) is 22.0 Å². The molecule has 0 atom stereocenters. The summed E-state index contributed by atoms with van der Waals surface area (Å²) < 4.78 is 7.05. The maximum atomic E-state index is 13.8. The van der Waals surface area contributed by atoms with Gasteiger partial charge in [0.05, 0.1) is 18.6 Å². The first-order chi connectivity index (χ1) is 18.1. The lowest BCUT2D eigenvalue weighted by molar-refractivity contribution is -0.113. The predicted molar refractivity (Wildman–Crippen MR) is 149 cm³/mol. The Labute approximate surface area is 216 Å². The number of amides is 1. The van der Waals surface area contributed by atoms with Crippen molar-refractivity contribution in [2.75, 3.05) is 18.2 Å². The number of nitrogens with zero attached hydrogens (tertiary/aromatic N) is 2. The molecule has 0 fully saturated rings. The molecule has 6 rings (SSSR count). The third-order valence-corrected chi connectivity index (χ3v) is 7.16. The van der Waals surface area contributed by atoms with Gasteiger partial charge in [-0.05, 0) is 29.7 Å². The number of para-hydroxylation sites is 3. The third kappa shape index (κ3) is 4.11. The normalized spacial score (nSPS) is 11.3. The summed E-state index contributed by atoms with van der Waals surface area (Å²) in [6.07, 6.45) is 0. The summed E-state index contributed by atoms with van der Waals surface area (Å²) >= 11 is 1.21. The maximum Gasteiger partial charge on any atom is 0.283 e. The number of carbonyl (C=O) groups is 1. The monoisotopic (exact) mass is 506 g/mol. The van der Waals surface area contributed by atoms with E-state index >= 15 is 0 Å². The number of anilines is 1. The second-order valence-electron chi connectivity index (χ2n) is 8.46. The van der Waals surface area contributed by atoms with Crippen LogP contribution in [0.4, 0.5) is 5.69 Å². The van der Waals surface area contributed by atoms with Gasteiger partial charge in [0.25, 0.3) is 5.56 Å². The molecule has 2 aromatic heterocycles. The second kappa shape index (κ2) is 9.48. The van der Waals surface area contributed by atoms with Crippen LogP contribution in [0.1, 0.15) is 0 Å². The zero-order chi connectivity index (χ0) is 25.4. The van der Waals surface area contributed by atoms with E-state index in [2.05, 4.69) is 10.3 Å². The number of hydrogen-bond acceptors (Lipinski definition) is 5. The van der Waals surface area contributed by atoms with Crippen molar-refractivity contribution in [3.05, 3.63) is 101 Å². The van der Waals surface area contributed by atoms with E-state index in [1.165, 1.54) is 16.3 Å². The van der Waals surface area contributed by atoms with Crippen molar-refractivity contribution in [1.29, 1.82) is 0 Å². The molecule has 1 amide bonds. The zero-order valence-electron chi connectivity index (χ0n) is 19.9. The lowest BCUT2D eigenvalue weighted by Gasteiger charge is -2.15. The van der Waals surface area contributed by atoms with Crippen molar-refractivity contribution in [2.45, 2.75) is 5.16 Å². The number of aromatic amines is 1. The molecular formula is C29H22N4O3S. The number of aromatic nitrogens is 3. The molecule has 4 aromatic carbocycles. The first-order valence-corrected chi connectivity index (χ1v) is 12.7. The van der Waals surface area contributed by atoms with Gasteiger partial charge in [0.2, 0.25) is 5.91 Å². The van der Waals surface area contributed by atoms with Crippen LogP contribution in [0.15, 0.2) is 101 Å². The van der Waals surface area contributed by atoms with Crippen LogP contribution >= 0.6 is 11.8 Å². The maximum absolute atomic E-state index is 13.8. The summed E-state index contributed by atoms with van der Waals surface area (Å²) in [7, 11) is 1.56. The van der Waals surface area contributed by atoms with E-state index in [0.29, 0.717) is 27.6 Å². The van der Waals surface area contributed by atoms with E-state index < -0.39 is 0 Å². The van der Waals surface area contributed by atoms with Crippen LogP contribution in [-0.4, -0.2) is 33.3 Å². The van der Waals surface area contributed by atoms with Crippen molar-refractivity contribution < 1.29 is 9.53 Å². The average molecular weight is 507 g/mol. The third-order valence-electron chi connectivity index (χ3n) is 6.22. The fraction of sp³-hybridized carbons (Fsp3) is 0.0690. The van der Waals surface area contributed by atoms with Crippen molar-refractivity contribution in [1.82, 2.24) is 14.5 Å². The van der Waals surface area contributed by atoms with Gasteiger partial charge in [-0.25, -0.2) is 9.55 Å². The molecule has 7 nitrogen and oxygen atoms in total. The van der Waals surface area contributed by atoms with Gasteiger partial charge >= 0.3 is 0 Å².